The van der Waals surface area contributed by atoms with E-state index in [9.17, 15) is 14.7 Å². The Labute approximate surface area is 124 Å². The summed E-state index contributed by atoms with van der Waals surface area (Å²) in [7, 11) is 1.55. The van der Waals surface area contributed by atoms with Crippen LogP contribution in [-0.2, 0) is 4.79 Å². The van der Waals surface area contributed by atoms with E-state index < -0.39 is 6.10 Å². The second kappa shape index (κ2) is 7.26. The van der Waals surface area contributed by atoms with E-state index in [1.165, 1.54) is 11.2 Å². The summed E-state index contributed by atoms with van der Waals surface area (Å²) in [5.41, 5.74) is 0. The first-order valence-corrected chi connectivity index (χ1v) is 7.34. The third-order valence-electron chi connectivity index (χ3n) is 3.79. The van der Waals surface area contributed by atoms with E-state index in [-0.39, 0.29) is 30.2 Å². The maximum atomic E-state index is 12.0. The molecule has 6 heteroatoms. The smallest absolute Gasteiger partial charge is 0.289 e. The van der Waals surface area contributed by atoms with Gasteiger partial charge in [0.05, 0.1) is 25.0 Å². The third kappa shape index (κ3) is 4.32. The predicted molar refractivity (Wildman–Crippen MR) is 76.7 cm³/mol. The molecular weight excluding hydrogens is 272 g/mol. The number of rotatable bonds is 4. The van der Waals surface area contributed by atoms with Gasteiger partial charge in [0.1, 0.15) is 0 Å². The molecule has 0 aliphatic heterocycles. The summed E-state index contributed by atoms with van der Waals surface area (Å²) in [6.45, 7) is -0.0528. The molecule has 0 aromatic carbocycles. The Morgan fingerprint density at radius 2 is 2.14 bits per heavy atom. The maximum Gasteiger partial charge on any atom is 0.289 e. The molecule has 2 atom stereocenters. The number of likely N-dealkylation sites (N-methyl/N-ethyl adjacent to an activating group) is 1. The highest BCUT2D eigenvalue weighted by atomic mass is 16.3. The Morgan fingerprint density at radius 1 is 1.38 bits per heavy atom. The van der Waals surface area contributed by atoms with Crippen LogP contribution >= 0.6 is 0 Å². The lowest BCUT2D eigenvalue weighted by atomic mass is 10.1. The number of nitrogens with one attached hydrogen (secondary N) is 1. The number of carbonyl (C=O) groups is 2. The minimum atomic E-state index is -0.498. The lowest BCUT2D eigenvalue weighted by molar-refractivity contribution is -0.123. The van der Waals surface area contributed by atoms with Crippen molar-refractivity contribution in [3.63, 3.8) is 0 Å². The molecule has 1 aliphatic rings. The zero-order valence-corrected chi connectivity index (χ0v) is 12.2. The Kier molecular flexibility index (Phi) is 5.38. The molecule has 1 saturated carbocycles. The maximum absolute atomic E-state index is 12.0. The molecule has 2 amide bonds. The van der Waals surface area contributed by atoms with Crippen molar-refractivity contribution in [3.8, 4) is 0 Å². The standard InChI is InChI=1S/C15H22N2O4/c1-17(15(20)13-8-5-9-21-13)10-14(19)16-11-6-3-2-4-7-12(11)18/h5,8-9,11-12,18H,2-4,6-7,10H2,1H3,(H,16,19). The van der Waals surface area contributed by atoms with Gasteiger partial charge in [-0.3, -0.25) is 9.59 Å². The van der Waals surface area contributed by atoms with Gasteiger partial charge in [-0.2, -0.15) is 0 Å². The van der Waals surface area contributed by atoms with E-state index in [0.717, 1.165) is 25.7 Å². The van der Waals surface area contributed by atoms with Gasteiger partial charge < -0.3 is 19.7 Å². The van der Waals surface area contributed by atoms with Gasteiger partial charge in [-0.25, -0.2) is 0 Å². The Morgan fingerprint density at radius 3 is 2.86 bits per heavy atom. The summed E-state index contributed by atoms with van der Waals surface area (Å²) in [5, 5.41) is 12.8. The average molecular weight is 294 g/mol. The zero-order chi connectivity index (χ0) is 15.2. The topological polar surface area (TPSA) is 82.8 Å². The largest absolute Gasteiger partial charge is 0.459 e. The Balaban J connectivity index is 1.84. The van der Waals surface area contributed by atoms with Crippen molar-refractivity contribution in [2.45, 2.75) is 44.2 Å². The third-order valence-corrected chi connectivity index (χ3v) is 3.79. The second-order valence-corrected chi connectivity index (χ2v) is 5.52. The van der Waals surface area contributed by atoms with Gasteiger partial charge in [-0.1, -0.05) is 19.3 Å². The van der Waals surface area contributed by atoms with Crippen LogP contribution in [0.25, 0.3) is 0 Å². The van der Waals surface area contributed by atoms with Crippen LogP contribution < -0.4 is 5.32 Å². The summed E-state index contributed by atoms with van der Waals surface area (Å²) in [6.07, 6.45) is 5.49. The van der Waals surface area contributed by atoms with E-state index in [0.29, 0.717) is 6.42 Å². The van der Waals surface area contributed by atoms with Crippen LogP contribution in [0.3, 0.4) is 0 Å². The molecule has 0 bridgehead atoms. The molecule has 21 heavy (non-hydrogen) atoms. The highest BCUT2D eigenvalue weighted by Crippen LogP contribution is 2.18. The van der Waals surface area contributed by atoms with E-state index in [1.807, 2.05) is 0 Å². The van der Waals surface area contributed by atoms with Gasteiger partial charge in [0.25, 0.3) is 5.91 Å². The van der Waals surface area contributed by atoms with Crippen LogP contribution in [-0.4, -0.2) is 47.6 Å². The number of aliphatic hydroxyl groups is 1. The summed E-state index contributed by atoms with van der Waals surface area (Å²) in [5.74, 6) is -0.389. The molecule has 1 fully saturated rings. The molecule has 2 rings (SSSR count). The van der Waals surface area contributed by atoms with Crippen molar-refractivity contribution in [2.75, 3.05) is 13.6 Å². The fraction of sp³-hybridized carbons (Fsp3) is 0.600. The molecule has 0 radical (unpaired) electrons. The first kappa shape index (κ1) is 15.6. The fourth-order valence-corrected chi connectivity index (χ4v) is 2.58. The van der Waals surface area contributed by atoms with Crippen molar-refractivity contribution < 1.29 is 19.1 Å². The summed E-state index contributed by atoms with van der Waals surface area (Å²) >= 11 is 0. The van der Waals surface area contributed by atoms with Gasteiger partial charge in [-0.15, -0.1) is 0 Å². The molecule has 2 N–H and O–H groups in total. The SMILES string of the molecule is CN(CC(=O)NC1CCCCCC1O)C(=O)c1ccco1. The Hall–Kier alpha value is -1.82. The van der Waals surface area contributed by atoms with Crippen LogP contribution in [0.15, 0.2) is 22.8 Å². The van der Waals surface area contributed by atoms with Crippen molar-refractivity contribution in [1.82, 2.24) is 10.2 Å². The van der Waals surface area contributed by atoms with E-state index in [1.54, 1.807) is 19.2 Å². The van der Waals surface area contributed by atoms with Gasteiger partial charge in [0, 0.05) is 7.05 Å². The van der Waals surface area contributed by atoms with Crippen LogP contribution in [0.2, 0.25) is 0 Å². The second-order valence-electron chi connectivity index (χ2n) is 5.52. The number of carbonyl (C=O) groups excluding carboxylic acids is 2. The average Bonchev–Trinajstić information content (AvgIpc) is 2.91. The summed E-state index contributed by atoms with van der Waals surface area (Å²) in [6, 6.07) is 2.97. The molecule has 0 saturated heterocycles. The van der Waals surface area contributed by atoms with Gasteiger partial charge >= 0.3 is 0 Å². The number of aliphatic hydroxyl groups excluding tert-OH is 1. The van der Waals surface area contributed by atoms with Gasteiger partial charge in [0.2, 0.25) is 5.91 Å². The molecule has 1 aromatic rings. The van der Waals surface area contributed by atoms with Crippen molar-refractivity contribution in [2.24, 2.45) is 0 Å². The van der Waals surface area contributed by atoms with Crippen LogP contribution in [0.4, 0.5) is 0 Å². The van der Waals surface area contributed by atoms with Crippen LogP contribution in [0.5, 0.6) is 0 Å². The van der Waals surface area contributed by atoms with E-state index >= 15 is 0 Å². The van der Waals surface area contributed by atoms with Gasteiger partial charge in [-0.05, 0) is 25.0 Å². The monoisotopic (exact) mass is 294 g/mol. The van der Waals surface area contributed by atoms with E-state index in [4.69, 9.17) is 4.42 Å². The first-order valence-electron chi connectivity index (χ1n) is 7.34. The minimum Gasteiger partial charge on any atom is -0.459 e. The molecule has 1 heterocycles. The lowest BCUT2D eigenvalue weighted by Gasteiger charge is -2.23. The molecule has 1 aliphatic carbocycles. The summed E-state index contributed by atoms with van der Waals surface area (Å²) in [4.78, 5) is 25.3. The molecule has 2 unspecified atom stereocenters. The van der Waals surface area contributed by atoms with Gasteiger partial charge in [0.15, 0.2) is 5.76 Å². The van der Waals surface area contributed by atoms with E-state index in [2.05, 4.69) is 5.32 Å². The molecule has 6 nitrogen and oxygen atoms in total. The molecule has 0 spiro atoms. The molecular formula is C15H22N2O4. The van der Waals surface area contributed by atoms with Crippen molar-refractivity contribution in [1.29, 1.82) is 0 Å². The first-order chi connectivity index (χ1) is 10.1. The summed E-state index contributed by atoms with van der Waals surface area (Å²) < 4.78 is 5.02. The lowest BCUT2D eigenvalue weighted by Crippen LogP contribution is -2.47. The number of nitrogens with zero attached hydrogens (tertiary/aromatic N) is 1. The predicted octanol–water partition coefficient (Wildman–Crippen LogP) is 1.16. The molecule has 1 aromatic heterocycles. The zero-order valence-electron chi connectivity index (χ0n) is 12.2. The Bertz CT molecular complexity index is 472. The minimum absolute atomic E-state index is 0.0528. The normalized spacial score (nSPS) is 22.4. The quantitative estimate of drug-likeness (QED) is 0.816. The number of hydrogen-bond donors (Lipinski definition) is 2. The fourth-order valence-electron chi connectivity index (χ4n) is 2.58. The highest BCUT2D eigenvalue weighted by Gasteiger charge is 2.24. The van der Waals surface area contributed by atoms with Crippen LogP contribution in [0, 0.1) is 0 Å². The van der Waals surface area contributed by atoms with Crippen LogP contribution in [0.1, 0.15) is 42.7 Å². The number of hydrogen-bond acceptors (Lipinski definition) is 4. The number of amides is 2. The number of furan rings is 1. The van der Waals surface area contributed by atoms with Crippen molar-refractivity contribution >= 4 is 11.8 Å². The molecule has 116 valence electrons. The van der Waals surface area contributed by atoms with Crippen molar-refractivity contribution in [3.05, 3.63) is 24.2 Å². The highest BCUT2D eigenvalue weighted by molar-refractivity contribution is 5.94.